The molecule has 29 heavy (non-hydrogen) atoms. The zero-order chi connectivity index (χ0) is 20.5. The van der Waals surface area contributed by atoms with Crippen molar-refractivity contribution in [2.75, 3.05) is 26.8 Å². The normalized spacial score (nSPS) is 16.8. The van der Waals surface area contributed by atoms with Gasteiger partial charge in [0.2, 0.25) is 0 Å². The Hall–Kier alpha value is -2.54. The molecule has 3 rings (SSSR count). The Morgan fingerprint density at radius 2 is 2.21 bits per heavy atom. The van der Waals surface area contributed by atoms with Gasteiger partial charge in [-0.25, -0.2) is 4.98 Å². The van der Waals surface area contributed by atoms with Crippen molar-refractivity contribution >= 4 is 5.96 Å². The van der Waals surface area contributed by atoms with Crippen LogP contribution < -0.4 is 15.4 Å². The van der Waals surface area contributed by atoms with E-state index in [2.05, 4.69) is 50.3 Å². The lowest BCUT2D eigenvalue weighted by atomic mass is 10.1. The molecule has 0 saturated carbocycles. The van der Waals surface area contributed by atoms with Crippen molar-refractivity contribution in [1.29, 1.82) is 0 Å². The number of hydrogen-bond acceptors (Lipinski definition) is 4. The van der Waals surface area contributed by atoms with E-state index in [1.54, 1.807) is 7.05 Å². The lowest BCUT2D eigenvalue weighted by Gasteiger charge is -2.18. The molecule has 0 amide bonds. The van der Waals surface area contributed by atoms with Gasteiger partial charge in [-0.2, -0.15) is 0 Å². The summed E-state index contributed by atoms with van der Waals surface area (Å²) in [6.07, 6.45) is 7.14. The van der Waals surface area contributed by atoms with Gasteiger partial charge in [0, 0.05) is 51.1 Å². The maximum atomic E-state index is 6.18. The van der Waals surface area contributed by atoms with Crippen LogP contribution in [0, 0.1) is 13.8 Å². The number of rotatable bonds is 9. The van der Waals surface area contributed by atoms with E-state index in [-0.39, 0.29) is 6.10 Å². The summed E-state index contributed by atoms with van der Waals surface area (Å²) in [6, 6.07) is 6.33. The molecule has 1 atom stereocenters. The number of aliphatic imine (C=N–C) groups is 1. The van der Waals surface area contributed by atoms with Crippen LogP contribution in [0.15, 0.2) is 35.6 Å². The van der Waals surface area contributed by atoms with Gasteiger partial charge in [0.05, 0.1) is 13.2 Å². The van der Waals surface area contributed by atoms with E-state index in [4.69, 9.17) is 9.47 Å². The third-order valence-corrected chi connectivity index (χ3v) is 5.12. The number of nitrogens with one attached hydrogen (secondary N) is 2. The summed E-state index contributed by atoms with van der Waals surface area (Å²) in [6.45, 7) is 8.10. The van der Waals surface area contributed by atoms with Gasteiger partial charge in [0.15, 0.2) is 5.96 Å². The molecule has 0 bridgehead atoms. The Kier molecular flexibility index (Phi) is 7.93. The maximum absolute atomic E-state index is 6.18. The van der Waals surface area contributed by atoms with Gasteiger partial charge in [-0.1, -0.05) is 12.1 Å². The molecule has 1 aliphatic heterocycles. The first-order valence-corrected chi connectivity index (χ1v) is 10.4. The smallest absolute Gasteiger partial charge is 0.191 e. The molecule has 1 saturated heterocycles. The molecule has 2 heterocycles. The highest BCUT2D eigenvalue weighted by atomic mass is 16.5. The third-order valence-electron chi connectivity index (χ3n) is 5.12. The van der Waals surface area contributed by atoms with Crippen LogP contribution in [0.4, 0.5) is 0 Å². The second-order valence-electron chi connectivity index (χ2n) is 7.44. The molecule has 1 aromatic carbocycles. The number of nitrogens with zero attached hydrogens (tertiary/aromatic N) is 3. The Bertz CT molecular complexity index is 796. The van der Waals surface area contributed by atoms with Gasteiger partial charge < -0.3 is 24.7 Å². The molecule has 0 aliphatic carbocycles. The number of hydrogen-bond donors (Lipinski definition) is 2. The molecule has 7 heteroatoms. The van der Waals surface area contributed by atoms with Crippen LogP contribution in [0.3, 0.4) is 0 Å². The van der Waals surface area contributed by atoms with E-state index >= 15 is 0 Å². The first kappa shape index (κ1) is 21.2. The standard InChI is InChI=1S/C22H33N5O2/c1-17-6-7-19(21(14-17)29-20-8-13-28-16-20)15-26-22(23-3)25-9-4-5-11-27-12-10-24-18(27)2/h6-7,10,12,14,20H,4-5,8-9,11,13,15-16H2,1-3H3,(H2,23,25,26). The van der Waals surface area contributed by atoms with E-state index < -0.39 is 0 Å². The SMILES string of the molecule is CN=C(NCCCCn1ccnc1C)NCc1ccc(C)cc1OC1CCOC1. The van der Waals surface area contributed by atoms with Crippen LogP contribution in [0.5, 0.6) is 5.75 Å². The highest BCUT2D eigenvalue weighted by Crippen LogP contribution is 2.23. The van der Waals surface area contributed by atoms with Gasteiger partial charge >= 0.3 is 0 Å². The number of aryl methyl sites for hydroxylation is 3. The first-order chi connectivity index (χ1) is 14.2. The predicted octanol–water partition coefficient (Wildman–Crippen LogP) is 2.81. The van der Waals surface area contributed by atoms with Crippen molar-refractivity contribution in [1.82, 2.24) is 20.2 Å². The molecule has 2 aromatic rings. The minimum absolute atomic E-state index is 0.145. The van der Waals surface area contributed by atoms with Gasteiger partial charge in [0.25, 0.3) is 0 Å². The summed E-state index contributed by atoms with van der Waals surface area (Å²) < 4.78 is 13.8. The van der Waals surface area contributed by atoms with E-state index in [1.165, 1.54) is 5.56 Å². The third kappa shape index (κ3) is 6.49. The highest BCUT2D eigenvalue weighted by molar-refractivity contribution is 5.79. The Balaban J connectivity index is 1.43. The molecule has 1 unspecified atom stereocenters. The Morgan fingerprint density at radius 1 is 1.31 bits per heavy atom. The topological polar surface area (TPSA) is 72.7 Å². The van der Waals surface area contributed by atoms with Crippen LogP contribution in [0.2, 0.25) is 0 Å². The number of unbranched alkanes of at least 4 members (excludes halogenated alkanes) is 1. The van der Waals surface area contributed by atoms with Crippen molar-refractivity contribution in [2.45, 2.75) is 52.3 Å². The van der Waals surface area contributed by atoms with Crippen LogP contribution >= 0.6 is 0 Å². The number of imidazole rings is 1. The fourth-order valence-corrected chi connectivity index (χ4v) is 3.36. The van der Waals surface area contributed by atoms with Crippen LogP contribution in [0.25, 0.3) is 0 Å². The first-order valence-electron chi connectivity index (χ1n) is 10.4. The number of aromatic nitrogens is 2. The van der Waals surface area contributed by atoms with Crippen LogP contribution in [0.1, 0.15) is 36.2 Å². The van der Waals surface area contributed by atoms with Gasteiger partial charge in [-0.05, 0) is 38.3 Å². The highest BCUT2D eigenvalue weighted by Gasteiger charge is 2.18. The van der Waals surface area contributed by atoms with Crippen molar-refractivity contribution in [3.05, 3.63) is 47.5 Å². The zero-order valence-electron chi connectivity index (χ0n) is 17.8. The fourth-order valence-electron chi connectivity index (χ4n) is 3.36. The summed E-state index contributed by atoms with van der Waals surface area (Å²) >= 11 is 0. The van der Waals surface area contributed by atoms with Gasteiger partial charge in [-0.3, -0.25) is 4.99 Å². The zero-order valence-corrected chi connectivity index (χ0v) is 17.8. The van der Waals surface area contributed by atoms with E-state index in [0.29, 0.717) is 13.2 Å². The Labute approximate surface area is 173 Å². The van der Waals surface area contributed by atoms with Crippen LogP contribution in [-0.4, -0.2) is 48.4 Å². The molecule has 7 nitrogen and oxygen atoms in total. The lowest BCUT2D eigenvalue weighted by molar-refractivity contribution is 0.140. The van der Waals surface area contributed by atoms with E-state index in [1.807, 2.05) is 19.3 Å². The summed E-state index contributed by atoms with van der Waals surface area (Å²) in [7, 11) is 1.80. The van der Waals surface area contributed by atoms with Crippen LogP contribution in [-0.2, 0) is 17.8 Å². The van der Waals surface area contributed by atoms with E-state index in [9.17, 15) is 0 Å². The summed E-state index contributed by atoms with van der Waals surface area (Å²) in [5, 5.41) is 6.79. The molecule has 0 radical (unpaired) electrons. The minimum Gasteiger partial charge on any atom is -0.488 e. The molecule has 1 aliphatic rings. The van der Waals surface area contributed by atoms with Crippen molar-refractivity contribution in [3.8, 4) is 5.75 Å². The molecule has 2 N–H and O–H groups in total. The average Bonchev–Trinajstić information content (AvgIpc) is 3.37. The lowest BCUT2D eigenvalue weighted by Crippen LogP contribution is -2.37. The second kappa shape index (κ2) is 10.9. The predicted molar refractivity (Wildman–Crippen MR) is 115 cm³/mol. The Morgan fingerprint density at radius 3 is 2.93 bits per heavy atom. The second-order valence-corrected chi connectivity index (χ2v) is 7.44. The quantitative estimate of drug-likeness (QED) is 0.385. The molecule has 0 spiro atoms. The number of benzene rings is 1. The molecule has 1 aromatic heterocycles. The summed E-state index contributed by atoms with van der Waals surface area (Å²) in [5.74, 6) is 2.80. The van der Waals surface area contributed by atoms with Gasteiger partial charge in [-0.15, -0.1) is 0 Å². The van der Waals surface area contributed by atoms with Crippen molar-refractivity contribution in [2.24, 2.45) is 4.99 Å². The summed E-state index contributed by atoms with van der Waals surface area (Å²) in [5.41, 5.74) is 2.32. The van der Waals surface area contributed by atoms with Crippen molar-refractivity contribution < 1.29 is 9.47 Å². The van der Waals surface area contributed by atoms with Gasteiger partial charge in [0.1, 0.15) is 17.7 Å². The molecule has 1 fully saturated rings. The molecular weight excluding hydrogens is 366 g/mol. The molecular formula is C22H33N5O2. The largest absolute Gasteiger partial charge is 0.488 e. The summed E-state index contributed by atoms with van der Waals surface area (Å²) in [4.78, 5) is 8.59. The fraction of sp³-hybridized carbons (Fsp3) is 0.545. The monoisotopic (exact) mass is 399 g/mol. The number of guanidine groups is 1. The maximum Gasteiger partial charge on any atom is 0.191 e. The van der Waals surface area contributed by atoms with E-state index in [0.717, 1.165) is 62.1 Å². The molecule has 158 valence electrons. The number of ether oxygens (including phenoxy) is 2. The minimum atomic E-state index is 0.145. The average molecular weight is 400 g/mol. The van der Waals surface area contributed by atoms with Crippen molar-refractivity contribution in [3.63, 3.8) is 0 Å².